The van der Waals surface area contributed by atoms with Crippen molar-refractivity contribution in [2.75, 3.05) is 44.2 Å². The van der Waals surface area contributed by atoms with Gasteiger partial charge in [0.15, 0.2) is 0 Å². The van der Waals surface area contributed by atoms with Gasteiger partial charge in [0.25, 0.3) is 0 Å². The van der Waals surface area contributed by atoms with E-state index in [0.717, 1.165) is 97.8 Å². The highest BCUT2D eigenvalue weighted by Crippen LogP contribution is 2.28. The summed E-state index contributed by atoms with van der Waals surface area (Å²) < 4.78 is 2.30. The number of likely N-dealkylation sites (tertiary alicyclic amines) is 1. The number of hydrogen-bond acceptors (Lipinski definition) is 4. The molecule has 2 fully saturated rings. The number of amides is 1. The van der Waals surface area contributed by atoms with Gasteiger partial charge in [-0.25, -0.2) is 4.98 Å². The minimum atomic E-state index is 0.0275. The molecule has 1 aromatic heterocycles. The molecule has 0 aliphatic carbocycles. The second-order valence-electron chi connectivity index (χ2n) is 10.6. The first kappa shape index (κ1) is 26.2. The van der Waals surface area contributed by atoms with E-state index < -0.39 is 0 Å². The quantitative estimate of drug-likeness (QED) is 0.291. The van der Waals surface area contributed by atoms with E-state index in [-0.39, 0.29) is 11.8 Å². The highest BCUT2D eigenvalue weighted by Gasteiger charge is 2.32. The number of imidazole rings is 1. The number of piperazine rings is 1. The SMILES string of the molecule is O=C([C@H]1CCCN(Cc2nc3ccccc3n2Cc2ccc(Cl)cc2)C1)N1CCN(c2ccccc2Cl)CC1. The van der Waals surface area contributed by atoms with Gasteiger partial charge in [0.05, 0.1) is 34.2 Å². The highest BCUT2D eigenvalue weighted by atomic mass is 35.5. The molecule has 0 radical (unpaired) electrons. The fourth-order valence-corrected chi connectivity index (χ4v) is 6.31. The monoisotopic (exact) mass is 561 g/mol. The summed E-state index contributed by atoms with van der Waals surface area (Å²) in [6, 6.07) is 24.3. The van der Waals surface area contributed by atoms with Crippen LogP contribution >= 0.6 is 23.2 Å². The number of piperidine rings is 1. The van der Waals surface area contributed by atoms with Gasteiger partial charge < -0.3 is 14.4 Å². The number of carbonyl (C=O) groups excluding carboxylic acids is 1. The topological polar surface area (TPSA) is 44.6 Å². The molecule has 3 aromatic carbocycles. The van der Waals surface area contributed by atoms with Crippen LogP contribution in [0.4, 0.5) is 5.69 Å². The van der Waals surface area contributed by atoms with E-state index in [4.69, 9.17) is 28.2 Å². The Morgan fingerprint density at radius 1 is 0.846 bits per heavy atom. The van der Waals surface area contributed by atoms with Crippen molar-refractivity contribution in [3.05, 3.63) is 94.2 Å². The molecule has 2 aliphatic heterocycles. The Balaban J connectivity index is 1.12. The number of rotatable bonds is 6. The molecule has 0 bridgehead atoms. The van der Waals surface area contributed by atoms with Crippen molar-refractivity contribution in [1.82, 2.24) is 19.4 Å². The van der Waals surface area contributed by atoms with Gasteiger partial charge in [-0.3, -0.25) is 9.69 Å². The third-order valence-corrected chi connectivity index (χ3v) is 8.56. The summed E-state index contributed by atoms with van der Waals surface area (Å²) in [5.41, 5.74) is 4.37. The lowest BCUT2D eigenvalue weighted by Gasteiger charge is -2.40. The van der Waals surface area contributed by atoms with Gasteiger partial charge in [-0.15, -0.1) is 0 Å². The number of anilines is 1. The number of carbonyl (C=O) groups is 1. The minimum Gasteiger partial charge on any atom is -0.367 e. The molecule has 0 saturated carbocycles. The summed E-state index contributed by atoms with van der Waals surface area (Å²) in [5.74, 6) is 1.35. The summed E-state index contributed by atoms with van der Waals surface area (Å²) in [5, 5.41) is 1.51. The number of nitrogens with zero attached hydrogens (tertiary/aromatic N) is 5. The van der Waals surface area contributed by atoms with E-state index in [0.29, 0.717) is 0 Å². The second-order valence-corrected chi connectivity index (χ2v) is 11.4. The Morgan fingerprint density at radius 3 is 2.38 bits per heavy atom. The fraction of sp³-hybridized carbons (Fsp3) is 0.355. The van der Waals surface area contributed by atoms with Gasteiger partial charge in [0.2, 0.25) is 5.91 Å². The van der Waals surface area contributed by atoms with Crippen molar-refractivity contribution in [3.63, 3.8) is 0 Å². The van der Waals surface area contributed by atoms with Crippen LogP contribution in [0.25, 0.3) is 11.0 Å². The van der Waals surface area contributed by atoms with Crippen molar-refractivity contribution < 1.29 is 4.79 Å². The van der Waals surface area contributed by atoms with Crippen LogP contribution in [0.3, 0.4) is 0 Å². The van der Waals surface area contributed by atoms with Crippen molar-refractivity contribution in [2.24, 2.45) is 5.92 Å². The molecule has 2 saturated heterocycles. The number of fused-ring (bicyclic) bond motifs is 1. The molecule has 6 nitrogen and oxygen atoms in total. The first-order valence-corrected chi connectivity index (χ1v) is 14.5. The predicted molar refractivity (Wildman–Crippen MR) is 159 cm³/mol. The average Bonchev–Trinajstić information content (AvgIpc) is 3.31. The molecule has 4 aromatic rings. The van der Waals surface area contributed by atoms with Crippen LogP contribution in [0.5, 0.6) is 0 Å². The summed E-state index contributed by atoms with van der Waals surface area (Å²) in [6.45, 7) is 6.29. The van der Waals surface area contributed by atoms with Gasteiger partial charge in [-0.2, -0.15) is 0 Å². The summed E-state index contributed by atoms with van der Waals surface area (Å²) in [6.07, 6.45) is 1.97. The summed E-state index contributed by atoms with van der Waals surface area (Å²) in [4.78, 5) is 25.3. The maximum Gasteiger partial charge on any atom is 0.227 e. The van der Waals surface area contributed by atoms with Crippen molar-refractivity contribution in [1.29, 1.82) is 0 Å². The number of halogens is 2. The predicted octanol–water partition coefficient (Wildman–Crippen LogP) is 5.95. The zero-order valence-electron chi connectivity index (χ0n) is 22.0. The Bertz CT molecular complexity index is 1450. The smallest absolute Gasteiger partial charge is 0.227 e. The van der Waals surface area contributed by atoms with Gasteiger partial charge in [-0.1, -0.05) is 59.6 Å². The molecule has 6 rings (SSSR count). The van der Waals surface area contributed by atoms with Crippen molar-refractivity contribution in [2.45, 2.75) is 25.9 Å². The van der Waals surface area contributed by atoms with Crippen LogP contribution in [0.1, 0.15) is 24.2 Å². The zero-order valence-corrected chi connectivity index (χ0v) is 23.5. The largest absolute Gasteiger partial charge is 0.367 e. The molecule has 0 unspecified atom stereocenters. The molecular formula is C31H33Cl2N5O. The minimum absolute atomic E-state index is 0.0275. The maximum atomic E-state index is 13.6. The average molecular weight is 563 g/mol. The standard InChI is InChI=1S/C31H33Cl2N5O/c32-25-13-11-23(12-14-25)20-38-29-10-4-2-8-27(29)34-30(38)22-35-15-5-6-24(21-35)31(39)37-18-16-36(17-19-37)28-9-3-1-7-26(28)33/h1-4,7-14,24H,5-6,15-22H2/t24-/m0/s1. The molecule has 39 heavy (non-hydrogen) atoms. The molecule has 3 heterocycles. The van der Waals surface area contributed by atoms with Crippen LogP contribution in [0, 0.1) is 5.92 Å². The third-order valence-electron chi connectivity index (χ3n) is 7.99. The summed E-state index contributed by atoms with van der Waals surface area (Å²) >= 11 is 12.5. The summed E-state index contributed by atoms with van der Waals surface area (Å²) in [7, 11) is 0. The number of aromatic nitrogens is 2. The highest BCUT2D eigenvalue weighted by molar-refractivity contribution is 6.33. The van der Waals surface area contributed by atoms with Crippen LogP contribution in [-0.2, 0) is 17.9 Å². The van der Waals surface area contributed by atoms with Crippen molar-refractivity contribution >= 4 is 45.8 Å². The van der Waals surface area contributed by atoms with E-state index >= 15 is 0 Å². The number of hydrogen-bond donors (Lipinski definition) is 0. The van der Waals surface area contributed by atoms with E-state index in [2.05, 4.69) is 55.7 Å². The van der Waals surface area contributed by atoms with Gasteiger partial charge in [0, 0.05) is 44.3 Å². The van der Waals surface area contributed by atoms with E-state index in [9.17, 15) is 4.79 Å². The molecule has 0 spiro atoms. The second kappa shape index (κ2) is 11.6. The molecule has 2 aliphatic rings. The van der Waals surface area contributed by atoms with Gasteiger partial charge >= 0.3 is 0 Å². The van der Waals surface area contributed by atoms with E-state index in [1.54, 1.807) is 0 Å². The molecule has 202 valence electrons. The van der Waals surface area contributed by atoms with Crippen LogP contribution in [-0.4, -0.2) is 64.5 Å². The fourth-order valence-electron chi connectivity index (χ4n) is 5.93. The molecule has 0 N–H and O–H groups in total. The number of benzene rings is 3. The molecule has 8 heteroatoms. The lowest BCUT2D eigenvalue weighted by Crippen LogP contribution is -2.52. The van der Waals surface area contributed by atoms with Crippen molar-refractivity contribution in [3.8, 4) is 0 Å². The number of para-hydroxylation sites is 3. The van der Waals surface area contributed by atoms with E-state index in [1.807, 2.05) is 36.4 Å². The first-order chi connectivity index (χ1) is 19.0. The lowest BCUT2D eigenvalue weighted by atomic mass is 9.96. The van der Waals surface area contributed by atoms with Crippen LogP contribution in [0.2, 0.25) is 10.0 Å². The van der Waals surface area contributed by atoms with Gasteiger partial charge in [0.1, 0.15) is 5.82 Å². The Morgan fingerprint density at radius 2 is 1.59 bits per heavy atom. The lowest BCUT2D eigenvalue weighted by molar-refractivity contribution is -0.137. The Kier molecular flexibility index (Phi) is 7.78. The Labute approximate surface area is 239 Å². The van der Waals surface area contributed by atoms with Gasteiger partial charge in [-0.05, 0) is 61.3 Å². The first-order valence-electron chi connectivity index (χ1n) is 13.7. The molecule has 1 amide bonds. The maximum absolute atomic E-state index is 13.6. The third kappa shape index (κ3) is 5.79. The molecular weight excluding hydrogens is 529 g/mol. The van der Waals surface area contributed by atoms with E-state index in [1.165, 1.54) is 5.56 Å². The normalized spacial score (nSPS) is 18.6. The Hall–Kier alpha value is -3.06. The van der Waals surface area contributed by atoms with Crippen LogP contribution < -0.4 is 4.90 Å². The zero-order chi connectivity index (χ0) is 26.8. The molecule has 1 atom stereocenters. The van der Waals surface area contributed by atoms with Crippen LogP contribution in [0.15, 0.2) is 72.8 Å².